The van der Waals surface area contributed by atoms with Crippen molar-refractivity contribution in [1.29, 1.82) is 0 Å². The zero-order valence-corrected chi connectivity index (χ0v) is 9.13. The molecule has 0 aliphatic rings. The van der Waals surface area contributed by atoms with Crippen molar-refractivity contribution < 1.29 is 47.7 Å². The Labute approximate surface area is 86.6 Å². The van der Waals surface area contributed by atoms with E-state index in [4.69, 9.17) is 9.90 Å². The summed E-state index contributed by atoms with van der Waals surface area (Å²) in [5, 5.41) is 18.5. The third kappa shape index (κ3) is 54.3. The zero-order valence-electron chi connectivity index (χ0n) is 6.96. The second kappa shape index (κ2) is 13.2. The first-order valence-electron chi connectivity index (χ1n) is 2.76. The van der Waals surface area contributed by atoms with Crippen LogP contribution in [0.25, 0.3) is 0 Å². The molecule has 0 radical (unpaired) electrons. The number of hydrogen-bond donors (Lipinski definition) is 0. The van der Waals surface area contributed by atoms with Gasteiger partial charge in [-0.1, -0.05) is 13.8 Å². The number of carboxylic acid groups (broad SMARTS) is 2. The van der Waals surface area contributed by atoms with Gasteiger partial charge in [-0.2, -0.15) is 0 Å². The molecule has 5 nitrogen and oxygen atoms in total. The van der Waals surface area contributed by atoms with Crippen LogP contribution in [0.15, 0.2) is 0 Å². The van der Waals surface area contributed by atoms with Crippen LogP contribution in [-0.4, -0.2) is 17.4 Å². The van der Waals surface area contributed by atoms with Crippen molar-refractivity contribution in [3.05, 3.63) is 0 Å². The van der Waals surface area contributed by atoms with Crippen LogP contribution in [0, 0.1) is 5.92 Å². The summed E-state index contributed by atoms with van der Waals surface area (Å²) < 4.78 is 0. The molecule has 0 spiro atoms. The van der Waals surface area contributed by atoms with Crippen LogP contribution in [0.4, 0.5) is 0 Å². The smallest absolute Gasteiger partial charge is 0.870 e. The van der Waals surface area contributed by atoms with Crippen LogP contribution in [0.2, 0.25) is 0 Å². The van der Waals surface area contributed by atoms with Gasteiger partial charge in [0, 0.05) is 11.9 Å². The van der Waals surface area contributed by atoms with Crippen molar-refractivity contribution in [2.45, 2.75) is 20.8 Å². The van der Waals surface area contributed by atoms with Gasteiger partial charge in [-0.05, 0) is 12.8 Å². The molecule has 0 aromatic carbocycles. The van der Waals surface area contributed by atoms with Crippen LogP contribution in [-0.2, 0) is 32.0 Å². The molecule has 0 unspecified atom stereocenters. The van der Waals surface area contributed by atoms with Gasteiger partial charge in [0.2, 0.25) is 0 Å². The van der Waals surface area contributed by atoms with Crippen LogP contribution >= 0.6 is 0 Å². The van der Waals surface area contributed by atoms with E-state index in [-0.39, 0.29) is 33.8 Å². The van der Waals surface area contributed by atoms with Crippen molar-refractivity contribution in [3.8, 4) is 0 Å². The molecule has 0 saturated heterocycles. The summed E-state index contributed by atoms with van der Waals surface area (Å²) in [5.74, 6) is -2.42. The Morgan fingerprint density at radius 2 is 1.25 bits per heavy atom. The van der Waals surface area contributed by atoms with E-state index in [1.165, 1.54) is 0 Å². The minimum Gasteiger partial charge on any atom is -0.870 e. The molecule has 0 fully saturated rings. The predicted molar refractivity (Wildman–Crippen MR) is 32.5 cm³/mol. The van der Waals surface area contributed by atoms with E-state index in [2.05, 4.69) is 0 Å². The average Bonchev–Trinajstić information content (AvgIpc) is 1.63. The number of hydrogen-bond acceptors (Lipinski definition) is 5. The van der Waals surface area contributed by atoms with Gasteiger partial charge < -0.3 is 25.3 Å². The third-order valence-electron chi connectivity index (χ3n) is 0.471. The Kier molecular flexibility index (Phi) is 24.9. The molecule has 0 atom stereocenters. The molecule has 76 valence electrons. The molecule has 12 heavy (non-hydrogen) atoms. The number of carbonyl (C=O) groups excluding carboxylic acids is 2. The molecule has 0 rings (SSSR count). The van der Waals surface area contributed by atoms with E-state index >= 15 is 0 Å². The van der Waals surface area contributed by atoms with Gasteiger partial charge in [-0.15, -0.1) is 0 Å². The van der Waals surface area contributed by atoms with E-state index in [0.717, 1.165) is 6.92 Å². The number of carboxylic acids is 2. The summed E-state index contributed by atoms with van der Waals surface area (Å²) in [6.45, 7) is 4.13. The van der Waals surface area contributed by atoms with Crippen molar-refractivity contribution in [2.75, 3.05) is 0 Å². The maximum absolute atomic E-state index is 9.59. The van der Waals surface area contributed by atoms with Gasteiger partial charge >= 0.3 is 22.4 Å². The zero-order chi connectivity index (χ0) is 8.73. The number of carbonyl (C=O) groups is 2. The topological polar surface area (TPSA) is 110 Å². The summed E-state index contributed by atoms with van der Waals surface area (Å²) in [7, 11) is 0. The van der Waals surface area contributed by atoms with Crippen LogP contribution in [0.3, 0.4) is 0 Å². The molecule has 0 aliphatic heterocycles. The molecule has 6 heteroatoms. The molecule has 1 N–H and O–H groups in total. The van der Waals surface area contributed by atoms with Crippen LogP contribution in [0.1, 0.15) is 20.8 Å². The Bertz CT molecular complexity index is 119. The van der Waals surface area contributed by atoms with Gasteiger partial charge in [-0.3, -0.25) is 0 Å². The largest absolute Gasteiger partial charge is 3.00 e. The summed E-state index contributed by atoms with van der Waals surface area (Å²) in [6.07, 6.45) is 0. The minimum atomic E-state index is -1.08. The van der Waals surface area contributed by atoms with E-state index in [9.17, 15) is 9.90 Å². The Balaban J connectivity index is -0.0000000483. The van der Waals surface area contributed by atoms with Crippen LogP contribution in [0.5, 0.6) is 0 Å². The fourth-order valence-corrected chi connectivity index (χ4v) is 0. The van der Waals surface area contributed by atoms with Gasteiger partial charge in [-0.25, -0.2) is 0 Å². The molecule has 0 bridgehead atoms. The van der Waals surface area contributed by atoms with Crippen molar-refractivity contribution in [3.63, 3.8) is 0 Å². The number of aliphatic carboxylic acids is 2. The standard InChI is InChI=1S/C4H8O2.C2H4O2.Au.H2O/c1-3(2)4(5)6;1-2(3)4;;/h3H,1-2H3,(H,5,6);1H3,(H,3,4);;1H2/q;;+3;/p-3. The first kappa shape index (κ1) is 22.6. The first-order valence-corrected chi connectivity index (χ1v) is 2.76. The first-order chi connectivity index (χ1) is 4.37. The quantitative estimate of drug-likeness (QED) is 0.501. The predicted octanol–water partition coefficient (Wildman–Crippen LogP) is -2.03. The molecule has 0 aromatic heterocycles. The summed E-state index contributed by atoms with van der Waals surface area (Å²) >= 11 is 0. The summed E-state index contributed by atoms with van der Waals surface area (Å²) in [4.78, 5) is 18.5. The molecule has 0 heterocycles. The van der Waals surface area contributed by atoms with E-state index in [0.29, 0.717) is 0 Å². The van der Waals surface area contributed by atoms with E-state index in [1.807, 2.05) is 0 Å². The van der Waals surface area contributed by atoms with Crippen LogP contribution < -0.4 is 10.2 Å². The van der Waals surface area contributed by atoms with Gasteiger partial charge in [0.15, 0.2) is 0 Å². The van der Waals surface area contributed by atoms with Gasteiger partial charge in [0.1, 0.15) is 0 Å². The SMILES string of the molecule is CC(=O)[O-].CC(C)C(=O)[O-].[Au+3].[OH-]. The van der Waals surface area contributed by atoms with E-state index < -0.39 is 11.9 Å². The molecular formula is C6H11AuO5. The normalized spacial score (nSPS) is 6.67. The number of rotatable bonds is 1. The van der Waals surface area contributed by atoms with Crippen molar-refractivity contribution in [2.24, 2.45) is 5.92 Å². The molecule has 0 aliphatic carbocycles. The molecule has 0 amide bonds. The fourth-order valence-electron chi connectivity index (χ4n) is 0. The Morgan fingerprint density at radius 1 is 1.17 bits per heavy atom. The average molecular weight is 360 g/mol. The second-order valence-electron chi connectivity index (χ2n) is 1.97. The van der Waals surface area contributed by atoms with E-state index in [1.54, 1.807) is 13.8 Å². The Morgan fingerprint density at radius 3 is 1.25 bits per heavy atom. The Hall–Kier alpha value is -0.360. The molecule has 0 saturated carbocycles. The summed E-state index contributed by atoms with van der Waals surface area (Å²) in [5.41, 5.74) is 0. The second-order valence-corrected chi connectivity index (χ2v) is 1.97. The molecular weight excluding hydrogens is 349 g/mol. The van der Waals surface area contributed by atoms with Gasteiger partial charge in [0.25, 0.3) is 0 Å². The van der Waals surface area contributed by atoms with Crippen molar-refractivity contribution >= 4 is 11.9 Å². The van der Waals surface area contributed by atoms with Gasteiger partial charge in [0.05, 0.1) is 0 Å². The maximum atomic E-state index is 9.59. The monoisotopic (exact) mass is 360 g/mol. The third-order valence-corrected chi connectivity index (χ3v) is 0.471. The van der Waals surface area contributed by atoms with Crippen molar-refractivity contribution in [1.82, 2.24) is 0 Å². The summed E-state index contributed by atoms with van der Waals surface area (Å²) in [6, 6.07) is 0. The maximum Gasteiger partial charge on any atom is 3.00 e. The fraction of sp³-hybridized carbons (Fsp3) is 0.667. The molecule has 0 aromatic rings. The minimum absolute atomic E-state index is 0.